The average molecular weight is 187 g/mol. The van der Waals surface area contributed by atoms with Crippen LogP contribution in [0, 0.1) is 0 Å². The molecule has 1 aromatic rings. The Hall–Kier alpha value is -1.06. The molecule has 3 nitrogen and oxygen atoms in total. The summed E-state index contributed by atoms with van der Waals surface area (Å²) in [4.78, 5) is 10.3. The fraction of sp³-hybridized carbons (Fsp3) is 0.125. The molecule has 0 aromatic heterocycles. The van der Waals surface area contributed by atoms with Gasteiger partial charge in [-0.15, -0.1) is 0 Å². The van der Waals surface area contributed by atoms with Crippen molar-refractivity contribution >= 4 is 17.6 Å². The van der Waals surface area contributed by atoms with Gasteiger partial charge >= 0.3 is 5.97 Å². The number of halogens is 1. The number of carboxylic acid groups (broad SMARTS) is 1. The van der Waals surface area contributed by atoms with Gasteiger partial charge < -0.3 is 10.2 Å². The van der Waals surface area contributed by atoms with Gasteiger partial charge in [0.2, 0.25) is 0 Å². The highest BCUT2D eigenvalue weighted by molar-refractivity contribution is 6.30. The molecule has 64 valence electrons. The van der Waals surface area contributed by atoms with Crippen LogP contribution < -0.4 is 0 Å². The van der Waals surface area contributed by atoms with Crippen LogP contribution >= 0.6 is 11.6 Å². The summed E-state index contributed by atoms with van der Waals surface area (Å²) in [6, 6.07) is 6.01. The summed E-state index contributed by atoms with van der Waals surface area (Å²) in [6.07, 6.45) is -1.47. The van der Waals surface area contributed by atoms with Crippen molar-refractivity contribution in [3.05, 3.63) is 34.9 Å². The molecule has 0 aliphatic heterocycles. The number of carbonyl (C=O) groups is 1. The van der Waals surface area contributed by atoms with Gasteiger partial charge in [-0.3, -0.25) is 0 Å². The van der Waals surface area contributed by atoms with Crippen LogP contribution in [0.15, 0.2) is 24.3 Å². The fourth-order valence-electron chi connectivity index (χ4n) is 0.788. The maximum absolute atomic E-state index is 10.3. The van der Waals surface area contributed by atoms with Gasteiger partial charge in [0.25, 0.3) is 0 Å². The van der Waals surface area contributed by atoms with Crippen LogP contribution in [0.25, 0.3) is 0 Å². The highest BCUT2D eigenvalue weighted by Gasteiger charge is 2.14. The van der Waals surface area contributed by atoms with E-state index >= 15 is 0 Å². The van der Waals surface area contributed by atoms with E-state index in [-0.39, 0.29) is 0 Å². The number of benzene rings is 1. The van der Waals surface area contributed by atoms with Crippen molar-refractivity contribution in [3.63, 3.8) is 0 Å². The van der Waals surface area contributed by atoms with Crippen molar-refractivity contribution in [2.45, 2.75) is 6.10 Å². The highest BCUT2D eigenvalue weighted by Crippen LogP contribution is 2.16. The molecule has 0 aliphatic rings. The summed E-state index contributed by atoms with van der Waals surface area (Å²) in [6.45, 7) is 0. The van der Waals surface area contributed by atoms with Crippen LogP contribution in [0.5, 0.6) is 0 Å². The van der Waals surface area contributed by atoms with Crippen molar-refractivity contribution in [2.24, 2.45) is 0 Å². The molecule has 2 N–H and O–H groups in total. The molecule has 1 aromatic carbocycles. The van der Waals surface area contributed by atoms with E-state index in [4.69, 9.17) is 21.8 Å². The molecule has 1 atom stereocenters. The molecule has 0 saturated heterocycles. The van der Waals surface area contributed by atoms with E-state index in [2.05, 4.69) is 0 Å². The summed E-state index contributed by atoms with van der Waals surface area (Å²) in [5, 5.41) is 18.0. The third-order valence-corrected chi connectivity index (χ3v) is 1.67. The van der Waals surface area contributed by atoms with E-state index in [1.165, 1.54) is 24.3 Å². The molecule has 0 radical (unpaired) electrons. The molecule has 0 unspecified atom stereocenters. The Balaban J connectivity index is 2.89. The van der Waals surface area contributed by atoms with Crippen molar-refractivity contribution in [2.75, 3.05) is 0 Å². The van der Waals surface area contributed by atoms with Crippen LogP contribution in [-0.2, 0) is 4.79 Å². The van der Waals surface area contributed by atoms with E-state index < -0.39 is 12.1 Å². The van der Waals surface area contributed by atoms with Gasteiger partial charge in [0.15, 0.2) is 6.10 Å². The zero-order chi connectivity index (χ0) is 9.14. The van der Waals surface area contributed by atoms with E-state index in [1.54, 1.807) is 0 Å². The monoisotopic (exact) mass is 186 g/mol. The zero-order valence-electron chi connectivity index (χ0n) is 6.07. The topological polar surface area (TPSA) is 57.5 Å². The van der Waals surface area contributed by atoms with Crippen LogP contribution in [0.3, 0.4) is 0 Å². The number of hydrogen-bond acceptors (Lipinski definition) is 2. The zero-order valence-corrected chi connectivity index (χ0v) is 6.82. The first-order chi connectivity index (χ1) is 5.61. The normalized spacial score (nSPS) is 12.5. The largest absolute Gasteiger partial charge is 0.479 e. The number of aliphatic carboxylic acids is 1. The summed E-state index contributed by atoms with van der Waals surface area (Å²) in [7, 11) is 0. The number of aliphatic hydroxyl groups is 1. The standard InChI is InChI=1S/C8H7ClO3/c9-6-3-1-5(2-4-6)7(10)8(11)12/h1-4,7,10H,(H,11,12)/t7-/m0/s1. The SMILES string of the molecule is O=C(O)[C@@H](O)c1ccc(Cl)cc1. The Morgan fingerprint density at radius 3 is 2.25 bits per heavy atom. The molecule has 1 rings (SSSR count). The van der Waals surface area contributed by atoms with Gasteiger partial charge in [-0.1, -0.05) is 23.7 Å². The quantitative estimate of drug-likeness (QED) is 0.735. The molecule has 0 saturated carbocycles. The number of aliphatic hydroxyl groups excluding tert-OH is 1. The molecule has 0 fully saturated rings. The molecular formula is C8H7ClO3. The summed E-state index contributed by atoms with van der Waals surface area (Å²) < 4.78 is 0. The van der Waals surface area contributed by atoms with Crippen LogP contribution in [-0.4, -0.2) is 16.2 Å². The first-order valence-electron chi connectivity index (χ1n) is 3.27. The molecule has 0 amide bonds. The third-order valence-electron chi connectivity index (χ3n) is 1.42. The number of carboxylic acids is 1. The molecule has 12 heavy (non-hydrogen) atoms. The Morgan fingerprint density at radius 1 is 1.33 bits per heavy atom. The summed E-state index contributed by atoms with van der Waals surface area (Å²) >= 11 is 5.57. The van der Waals surface area contributed by atoms with E-state index in [0.717, 1.165) is 0 Å². The van der Waals surface area contributed by atoms with Crippen molar-refractivity contribution in [3.8, 4) is 0 Å². The van der Waals surface area contributed by atoms with Crippen molar-refractivity contribution in [1.29, 1.82) is 0 Å². The molecule has 4 heteroatoms. The van der Waals surface area contributed by atoms with E-state index in [0.29, 0.717) is 10.6 Å². The van der Waals surface area contributed by atoms with E-state index in [1.807, 2.05) is 0 Å². The van der Waals surface area contributed by atoms with Gasteiger partial charge in [0.05, 0.1) is 0 Å². The predicted molar refractivity (Wildman–Crippen MR) is 44.0 cm³/mol. The maximum Gasteiger partial charge on any atom is 0.337 e. The second-order valence-electron chi connectivity index (χ2n) is 2.29. The van der Waals surface area contributed by atoms with Crippen LogP contribution in [0.4, 0.5) is 0 Å². The molecule has 0 spiro atoms. The Kier molecular flexibility index (Phi) is 2.68. The second kappa shape index (κ2) is 3.56. The smallest absolute Gasteiger partial charge is 0.337 e. The molecular weight excluding hydrogens is 180 g/mol. The third kappa shape index (κ3) is 1.96. The summed E-state index contributed by atoms with van der Waals surface area (Å²) in [5.41, 5.74) is 0.326. The lowest BCUT2D eigenvalue weighted by Gasteiger charge is -2.04. The molecule has 0 aliphatic carbocycles. The first-order valence-corrected chi connectivity index (χ1v) is 3.65. The fourth-order valence-corrected chi connectivity index (χ4v) is 0.914. The second-order valence-corrected chi connectivity index (χ2v) is 2.73. The summed E-state index contributed by atoms with van der Waals surface area (Å²) in [5.74, 6) is -1.27. The minimum atomic E-state index is -1.47. The highest BCUT2D eigenvalue weighted by atomic mass is 35.5. The lowest BCUT2D eigenvalue weighted by atomic mass is 10.1. The van der Waals surface area contributed by atoms with Gasteiger partial charge in [-0.05, 0) is 17.7 Å². The van der Waals surface area contributed by atoms with Crippen LogP contribution in [0.2, 0.25) is 5.02 Å². The lowest BCUT2D eigenvalue weighted by molar-refractivity contribution is -0.146. The van der Waals surface area contributed by atoms with Crippen molar-refractivity contribution in [1.82, 2.24) is 0 Å². The Bertz CT molecular complexity index is 281. The van der Waals surface area contributed by atoms with Gasteiger partial charge in [-0.25, -0.2) is 4.79 Å². The average Bonchev–Trinajstić information content (AvgIpc) is 2.04. The Morgan fingerprint density at radius 2 is 1.83 bits per heavy atom. The van der Waals surface area contributed by atoms with Crippen molar-refractivity contribution < 1.29 is 15.0 Å². The molecule has 0 heterocycles. The Labute approximate surface area is 74.2 Å². The molecule has 0 bridgehead atoms. The van der Waals surface area contributed by atoms with E-state index in [9.17, 15) is 4.79 Å². The van der Waals surface area contributed by atoms with Gasteiger partial charge in [0.1, 0.15) is 0 Å². The number of hydrogen-bond donors (Lipinski definition) is 2. The minimum absolute atomic E-state index is 0.326. The minimum Gasteiger partial charge on any atom is -0.479 e. The lowest BCUT2D eigenvalue weighted by Crippen LogP contribution is -2.09. The first kappa shape index (κ1) is 9.03. The van der Waals surface area contributed by atoms with Crippen LogP contribution in [0.1, 0.15) is 11.7 Å². The number of rotatable bonds is 2. The van der Waals surface area contributed by atoms with Gasteiger partial charge in [0, 0.05) is 5.02 Å². The van der Waals surface area contributed by atoms with Gasteiger partial charge in [-0.2, -0.15) is 0 Å². The maximum atomic E-state index is 10.3. The predicted octanol–water partition coefficient (Wildman–Crippen LogP) is 1.46.